The van der Waals surface area contributed by atoms with E-state index in [1.165, 1.54) is 5.56 Å². The first-order valence-electron chi connectivity index (χ1n) is 10.0. The Morgan fingerprint density at radius 2 is 1.86 bits per heavy atom. The van der Waals surface area contributed by atoms with Crippen LogP contribution in [0.25, 0.3) is 11.4 Å². The van der Waals surface area contributed by atoms with Crippen molar-refractivity contribution < 1.29 is 9.32 Å². The number of aryl methyl sites for hydroxylation is 2. The van der Waals surface area contributed by atoms with Crippen LogP contribution in [0.2, 0.25) is 0 Å². The van der Waals surface area contributed by atoms with Crippen LogP contribution in [-0.4, -0.2) is 52.1 Å². The molecule has 1 amide bonds. The Balaban J connectivity index is 1.25. The van der Waals surface area contributed by atoms with Crippen molar-refractivity contribution in [1.82, 2.24) is 20.0 Å². The number of pyridine rings is 1. The Morgan fingerprint density at radius 3 is 2.52 bits per heavy atom. The summed E-state index contributed by atoms with van der Waals surface area (Å²) in [5.41, 5.74) is 2.12. The third kappa shape index (κ3) is 4.80. The summed E-state index contributed by atoms with van der Waals surface area (Å²) in [6.45, 7) is 4.81. The molecule has 0 atom stereocenters. The number of hydrogen-bond donors (Lipinski definition) is 0. The molecule has 0 radical (unpaired) electrons. The number of carbonyl (C=O) groups excluding carboxylic acids is 1. The summed E-state index contributed by atoms with van der Waals surface area (Å²) in [6.07, 6.45) is 4.21. The molecule has 29 heavy (non-hydrogen) atoms. The lowest BCUT2D eigenvalue weighted by atomic mass is 10.1. The maximum Gasteiger partial charge on any atom is 0.223 e. The maximum absolute atomic E-state index is 12.5. The molecule has 150 valence electrons. The fourth-order valence-corrected chi connectivity index (χ4v) is 3.55. The number of rotatable bonds is 6. The van der Waals surface area contributed by atoms with E-state index in [0.717, 1.165) is 50.4 Å². The van der Waals surface area contributed by atoms with Crippen LogP contribution >= 0.6 is 0 Å². The standard InChI is InChI=1S/C22H25N5O2/c1-17-24-22(25-29-17)19-10-11-20(23-16-19)26-12-14-27(15-13-26)21(28)9-5-8-18-6-3-2-4-7-18/h2-4,6-7,10-11,16H,5,8-9,12-15H2,1H3. The summed E-state index contributed by atoms with van der Waals surface area (Å²) < 4.78 is 5.02. The molecule has 0 spiro atoms. The highest BCUT2D eigenvalue weighted by Gasteiger charge is 2.21. The van der Waals surface area contributed by atoms with Gasteiger partial charge in [0, 0.05) is 51.3 Å². The molecule has 0 unspecified atom stereocenters. The van der Waals surface area contributed by atoms with E-state index in [-0.39, 0.29) is 5.91 Å². The summed E-state index contributed by atoms with van der Waals surface area (Å²) in [6, 6.07) is 14.2. The molecule has 1 aliphatic rings. The number of nitrogens with zero attached hydrogens (tertiary/aromatic N) is 5. The number of anilines is 1. The van der Waals surface area contributed by atoms with Gasteiger partial charge >= 0.3 is 0 Å². The van der Waals surface area contributed by atoms with E-state index in [1.54, 1.807) is 13.1 Å². The smallest absolute Gasteiger partial charge is 0.223 e. The van der Waals surface area contributed by atoms with Crippen molar-refractivity contribution in [3.8, 4) is 11.4 Å². The average molecular weight is 391 g/mol. The first kappa shape index (κ1) is 19.1. The zero-order valence-corrected chi connectivity index (χ0v) is 16.6. The van der Waals surface area contributed by atoms with E-state index in [0.29, 0.717) is 18.1 Å². The van der Waals surface area contributed by atoms with Crippen molar-refractivity contribution in [2.24, 2.45) is 0 Å². The molecule has 0 saturated carbocycles. The average Bonchev–Trinajstić information content (AvgIpc) is 3.21. The van der Waals surface area contributed by atoms with Gasteiger partial charge in [-0.1, -0.05) is 35.5 Å². The molecule has 2 aromatic heterocycles. The van der Waals surface area contributed by atoms with Gasteiger partial charge in [0.15, 0.2) is 0 Å². The van der Waals surface area contributed by atoms with Crippen LogP contribution in [0.4, 0.5) is 5.82 Å². The molecule has 0 bridgehead atoms. The molecule has 0 aliphatic carbocycles. The minimum absolute atomic E-state index is 0.247. The molecule has 3 heterocycles. The molecular formula is C22H25N5O2. The molecule has 1 fully saturated rings. The van der Waals surface area contributed by atoms with Gasteiger partial charge < -0.3 is 14.3 Å². The van der Waals surface area contributed by atoms with E-state index in [2.05, 4.69) is 32.2 Å². The van der Waals surface area contributed by atoms with Crippen LogP contribution in [0.15, 0.2) is 53.2 Å². The predicted molar refractivity (Wildman–Crippen MR) is 110 cm³/mol. The Bertz CT molecular complexity index is 931. The molecule has 0 N–H and O–H groups in total. The van der Waals surface area contributed by atoms with Crippen LogP contribution in [-0.2, 0) is 11.2 Å². The number of carbonyl (C=O) groups is 1. The summed E-state index contributed by atoms with van der Waals surface area (Å²) in [7, 11) is 0. The van der Waals surface area contributed by atoms with Crippen molar-refractivity contribution in [1.29, 1.82) is 0 Å². The SMILES string of the molecule is Cc1nc(-c2ccc(N3CCN(C(=O)CCCc4ccccc4)CC3)nc2)no1. The van der Waals surface area contributed by atoms with Gasteiger partial charge in [-0.15, -0.1) is 0 Å². The zero-order valence-electron chi connectivity index (χ0n) is 16.6. The fraction of sp³-hybridized carbons (Fsp3) is 0.364. The molecule has 3 aromatic rings. The second-order valence-electron chi connectivity index (χ2n) is 7.25. The Morgan fingerprint density at radius 1 is 1.07 bits per heavy atom. The van der Waals surface area contributed by atoms with Crippen molar-refractivity contribution in [3.63, 3.8) is 0 Å². The highest BCUT2D eigenvalue weighted by atomic mass is 16.5. The maximum atomic E-state index is 12.5. The Labute approximate surface area is 170 Å². The lowest BCUT2D eigenvalue weighted by Crippen LogP contribution is -2.49. The monoisotopic (exact) mass is 391 g/mol. The van der Waals surface area contributed by atoms with Gasteiger partial charge in [0.1, 0.15) is 5.82 Å². The van der Waals surface area contributed by atoms with Gasteiger partial charge in [-0.25, -0.2) is 4.98 Å². The first-order chi connectivity index (χ1) is 14.2. The fourth-order valence-electron chi connectivity index (χ4n) is 3.55. The van der Waals surface area contributed by atoms with E-state index in [9.17, 15) is 4.79 Å². The van der Waals surface area contributed by atoms with E-state index in [1.807, 2.05) is 35.2 Å². The number of aromatic nitrogens is 3. The first-order valence-corrected chi connectivity index (χ1v) is 10.0. The second kappa shape index (κ2) is 8.86. The van der Waals surface area contributed by atoms with Gasteiger partial charge in [-0.05, 0) is 30.5 Å². The van der Waals surface area contributed by atoms with E-state index in [4.69, 9.17) is 4.52 Å². The Kier molecular flexibility index (Phi) is 5.84. The molecule has 7 nitrogen and oxygen atoms in total. The minimum atomic E-state index is 0.247. The molecular weight excluding hydrogens is 366 g/mol. The highest BCUT2D eigenvalue weighted by Crippen LogP contribution is 2.19. The normalized spacial score (nSPS) is 14.2. The minimum Gasteiger partial charge on any atom is -0.353 e. The van der Waals surface area contributed by atoms with Crippen molar-refractivity contribution in [2.75, 3.05) is 31.1 Å². The topological polar surface area (TPSA) is 75.4 Å². The lowest BCUT2D eigenvalue weighted by molar-refractivity contribution is -0.131. The quantitative estimate of drug-likeness (QED) is 0.643. The van der Waals surface area contributed by atoms with Gasteiger partial charge in [-0.2, -0.15) is 4.98 Å². The summed E-state index contributed by atoms with van der Waals surface area (Å²) in [4.78, 5) is 25.4. The van der Waals surface area contributed by atoms with Crippen LogP contribution in [0.3, 0.4) is 0 Å². The van der Waals surface area contributed by atoms with Gasteiger partial charge in [0.25, 0.3) is 0 Å². The number of benzene rings is 1. The van der Waals surface area contributed by atoms with Crippen LogP contribution < -0.4 is 4.90 Å². The largest absolute Gasteiger partial charge is 0.353 e. The van der Waals surface area contributed by atoms with Gasteiger partial charge in [0.2, 0.25) is 17.6 Å². The lowest BCUT2D eigenvalue weighted by Gasteiger charge is -2.35. The summed E-state index contributed by atoms with van der Waals surface area (Å²) in [5.74, 6) is 2.24. The summed E-state index contributed by atoms with van der Waals surface area (Å²) >= 11 is 0. The zero-order chi connectivity index (χ0) is 20.1. The van der Waals surface area contributed by atoms with Crippen molar-refractivity contribution in [2.45, 2.75) is 26.2 Å². The van der Waals surface area contributed by atoms with Gasteiger partial charge in [-0.3, -0.25) is 4.79 Å². The van der Waals surface area contributed by atoms with Crippen LogP contribution in [0.1, 0.15) is 24.3 Å². The second-order valence-corrected chi connectivity index (χ2v) is 7.25. The molecule has 4 rings (SSSR count). The summed E-state index contributed by atoms with van der Waals surface area (Å²) in [5, 5.41) is 3.92. The molecule has 1 aliphatic heterocycles. The van der Waals surface area contributed by atoms with Crippen LogP contribution in [0, 0.1) is 6.92 Å². The van der Waals surface area contributed by atoms with Crippen molar-refractivity contribution >= 4 is 11.7 Å². The molecule has 1 aromatic carbocycles. The number of amides is 1. The molecule has 7 heteroatoms. The highest BCUT2D eigenvalue weighted by molar-refractivity contribution is 5.76. The van der Waals surface area contributed by atoms with Gasteiger partial charge in [0.05, 0.1) is 0 Å². The third-order valence-corrected chi connectivity index (χ3v) is 5.19. The number of piperazine rings is 1. The van der Waals surface area contributed by atoms with Crippen LogP contribution in [0.5, 0.6) is 0 Å². The predicted octanol–water partition coefficient (Wildman–Crippen LogP) is 3.11. The molecule has 1 saturated heterocycles. The number of hydrogen-bond acceptors (Lipinski definition) is 6. The van der Waals surface area contributed by atoms with E-state index >= 15 is 0 Å². The van der Waals surface area contributed by atoms with E-state index < -0.39 is 0 Å². The van der Waals surface area contributed by atoms with Crippen molar-refractivity contribution in [3.05, 3.63) is 60.1 Å². The third-order valence-electron chi connectivity index (χ3n) is 5.19. The Hall–Kier alpha value is -3.22.